The molecular formula is C13H17NO2. The van der Waals surface area contributed by atoms with E-state index in [1.165, 1.54) is 11.1 Å². The molecule has 3 N–H and O–H groups in total. The number of nitrogens with two attached hydrogens (primary N) is 1. The minimum Gasteiger partial charge on any atom is -0.481 e. The molecule has 0 saturated heterocycles. The highest BCUT2D eigenvalue weighted by Crippen LogP contribution is 2.41. The first-order valence-electron chi connectivity index (χ1n) is 5.64. The highest BCUT2D eigenvalue weighted by molar-refractivity contribution is 5.68. The van der Waals surface area contributed by atoms with Crippen molar-refractivity contribution in [2.45, 2.75) is 31.7 Å². The molecule has 0 aliphatic heterocycles. The molecule has 1 aliphatic rings. The van der Waals surface area contributed by atoms with E-state index in [0.29, 0.717) is 0 Å². The normalized spacial score (nSPS) is 25.1. The molecule has 0 fully saturated rings. The Kier molecular flexibility index (Phi) is 2.97. The van der Waals surface area contributed by atoms with Gasteiger partial charge in [0, 0.05) is 6.04 Å². The van der Waals surface area contributed by atoms with Gasteiger partial charge in [-0.2, -0.15) is 0 Å². The SMILES string of the molecule is CC(N)C1Cc2ccccc2C1CC(=O)O. The van der Waals surface area contributed by atoms with E-state index in [9.17, 15) is 4.79 Å². The summed E-state index contributed by atoms with van der Waals surface area (Å²) >= 11 is 0. The van der Waals surface area contributed by atoms with E-state index in [0.717, 1.165) is 6.42 Å². The Morgan fingerprint density at radius 1 is 1.56 bits per heavy atom. The van der Waals surface area contributed by atoms with Gasteiger partial charge < -0.3 is 10.8 Å². The molecule has 0 amide bonds. The first-order valence-corrected chi connectivity index (χ1v) is 5.64. The summed E-state index contributed by atoms with van der Waals surface area (Å²) in [5.74, 6) is -0.408. The van der Waals surface area contributed by atoms with E-state index in [1.807, 2.05) is 25.1 Å². The summed E-state index contributed by atoms with van der Waals surface area (Å²) in [6, 6.07) is 8.12. The van der Waals surface area contributed by atoms with E-state index < -0.39 is 5.97 Å². The zero-order valence-electron chi connectivity index (χ0n) is 9.39. The van der Waals surface area contributed by atoms with Gasteiger partial charge in [0.25, 0.3) is 0 Å². The lowest BCUT2D eigenvalue weighted by Crippen LogP contribution is -2.30. The van der Waals surface area contributed by atoms with Crippen LogP contribution < -0.4 is 5.73 Å². The Morgan fingerprint density at radius 3 is 2.88 bits per heavy atom. The Labute approximate surface area is 95.3 Å². The second kappa shape index (κ2) is 4.26. The van der Waals surface area contributed by atoms with Crippen LogP contribution >= 0.6 is 0 Å². The summed E-state index contributed by atoms with van der Waals surface area (Å²) < 4.78 is 0. The Morgan fingerprint density at radius 2 is 2.25 bits per heavy atom. The van der Waals surface area contributed by atoms with Crippen LogP contribution in [0.2, 0.25) is 0 Å². The first-order chi connectivity index (χ1) is 7.59. The molecule has 0 saturated carbocycles. The van der Waals surface area contributed by atoms with Gasteiger partial charge in [-0.25, -0.2) is 0 Å². The van der Waals surface area contributed by atoms with Crippen molar-refractivity contribution in [3.63, 3.8) is 0 Å². The molecule has 1 aromatic carbocycles. The molecule has 0 heterocycles. The Bertz CT molecular complexity index is 401. The van der Waals surface area contributed by atoms with Gasteiger partial charge in [-0.05, 0) is 36.3 Å². The van der Waals surface area contributed by atoms with Crippen LogP contribution in [0.3, 0.4) is 0 Å². The summed E-state index contributed by atoms with van der Waals surface area (Å²) in [6.07, 6.45) is 1.09. The summed E-state index contributed by atoms with van der Waals surface area (Å²) in [6.45, 7) is 1.96. The van der Waals surface area contributed by atoms with Gasteiger partial charge in [-0.15, -0.1) is 0 Å². The number of rotatable bonds is 3. The molecule has 3 atom stereocenters. The van der Waals surface area contributed by atoms with Crippen LogP contribution in [0, 0.1) is 5.92 Å². The van der Waals surface area contributed by atoms with Crippen LogP contribution in [0.25, 0.3) is 0 Å². The third-order valence-corrected chi connectivity index (χ3v) is 3.50. The van der Waals surface area contributed by atoms with Gasteiger partial charge in [0.15, 0.2) is 0 Å². The minimum atomic E-state index is -0.743. The predicted octanol–water partition coefficient (Wildman–Crippen LogP) is 1.76. The smallest absolute Gasteiger partial charge is 0.303 e. The number of hydrogen-bond donors (Lipinski definition) is 2. The number of hydrogen-bond acceptors (Lipinski definition) is 2. The van der Waals surface area contributed by atoms with Crippen LogP contribution in [0.5, 0.6) is 0 Å². The van der Waals surface area contributed by atoms with E-state index in [1.54, 1.807) is 0 Å². The van der Waals surface area contributed by atoms with Crippen molar-refractivity contribution in [3.05, 3.63) is 35.4 Å². The summed E-state index contributed by atoms with van der Waals surface area (Å²) in [7, 11) is 0. The minimum absolute atomic E-state index is 0.0387. The highest BCUT2D eigenvalue weighted by Gasteiger charge is 2.35. The number of carboxylic acid groups (broad SMARTS) is 1. The van der Waals surface area contributed by atoms with Gasteiger partial charge in [0.1, 0.15) is 0 Å². The molecule has 3 heteroatoms. The van der Waals surface area contributed by atoms with Crippen molar-refractivity contribution in [2.75, 3.05) is 0 Å². The molecule has 2 rings (SSSR count). The fourth-order valence-electron chi connectivity index (χ4n) is 2.71. The first kappa shape index (κ1) is 11.1. The number of benzene rings is 1. The second-order valence-electron chi connectivity index (χ2n) is 4.63. The zero-order chi connectivity index (χ0) is 11.7. The van der Waals surface area contributed by atoms with Crippen molar-refractivity contribution in [1.82, 2.24) is 0 Å². The van der Waals surface area contributed by atoms with Crippen molar-refractivity contribution in [3.8, 4) is 0 Å². The van der Waals surface area contributed by atoms with Crippen molar-refractivity contribution < 1.29 is 9.90 Å². The second-order valence-corrected chi connectivity index (χ2v) is 4.63. The van der Waals surface area contributed by atoms with Crippen LogP contribution in [0.15, 0.2) is 24.3 Å². The molecule has 0 aromatic heterocycles. The molecule has 16 heavy (non-hydrogen) atoms. The van der Waals surface area contributed by atoms with Crippen LogP contribution in [0.1, 0.15) is 30.4 Å². The summed E-state index contributed by atoms with van der Waals surface area (Å²) in [5, 5.41) is 8.96. The lowest BCUT2D eigenvalue weighted by molar-refractivity contribution is -0.137. The quantitative estimate of drug-likeness (QED) is 0.814. The van der Waals surface area contributed by atoms with Crippen LogP contribution in [-0.2, 0) is 11.2 Å². The van der Waals surface area contributed by atoms with E-state index >= 15 is 0 Å². The largest absolute Gasteiger partial charge is 0.481 e. The van der Waals surface area contributed by atoms with Crippen molar-refractivity contribution >= 4 is 5.97 Å². The third-order valence-electron chi connectivity index (χ3n) is 3.50. The Balaban J connectivity index is 2.32. The molecule has 86 valence electrons. The standard InChI is InChI=1S/C13H17NO2/c1-8(14)11-6-9-4-2-3-5-10(9)12(11)7-13(15)16/h2-5,8,11-12H,6-7,14H2,1H3,(H,15,16). The molecule has 3 unspecified atom stereocenters. The van der Waals surface area contributed by atoms with Crippen LogP contribution in [0.4, 0.5) is 0 Å². The number of aliphatic carboxylic acids is 1. The fraction of sp³-hybridized carbons (Fsp3) is 0.462. The number of fused-ring (bicyclic) bond motifs is 1. The van der Waals surface area contributed by atoms with E-state index in [-0.39, 0.29) is 24.3 Å². The Hall–Kier alpha value is -1.35. The number of carbonyl (C=O) groups is 1. The highest BCUT2D eigenvalue weighted by atomic mass is 16.4. The molecule has 0 bridgehead atoms. The van der Waals surface area contributed by atoms with Crippen molar-refractivity contribution in [2.24, 2.45) is 11.7 Å². The molecule has 1 aromatic rings. The predicted molar refractivity (Wildman–Crippen MR) is 62.3 cm³/mol. The molecule has 3 nitrogen and oxygen atoms in total. The molecule has 0 spiro atoms. The van der Waals surface area contributed by atoms with Gasteiger partial charge in [0.05, 0.1) is 6.42 Å². The van der Waals surface area contributed by atoms with Crippen LogP contribution in [-0.4, -0.2) is 17.1 Å². The molecule has 1 aliphatic carbocycles. The average molecular weight is 219 g/mol. The summed E-state index contributed by atoms with van der Waals surface area (Å²) in [5.41, 5.74) is 8.38. The average Bonchev–Trinajstić information content (AvgIpc) is 2.57. The van der Waals surface area contributed by atoms with Crippen molar-refractivity contribution in [1.29, 1.82) is 0 Å². The van der Waals surface area contributed by atoms with E-state index in [2.05, 4.69) is 6.07 Å². The fourth-order valence-corrected chi connectivity index (χ4v) is 2.71. The number of carboxylic acids is 1. The molecule has 0 radical (unpaired) electrons. The lowest BCUT2D eigenvalue weighted by atomic mass is 9.85. The zero-order valence-corrected chi connectivity index (χ0v) is 9.39. The maximum atomic E-state index is 10.9. The third kappa shape index (κ3) is 1.95. The lowest BCUT2D eigenvalue weighted by Gasteiger charge is -2.22. The van der Waals surface area contributed by atoms with Gasteiger partial charge in [-0.3, -0.25) is 4.79 Å². The maximum Gasteiger partial charge on any atom is 0.303 e. The molecular weight excluding hydrogens is 202 g/mol. The van der Waals surface area contributed by atoms with E-state index in [4.69, 9.17) is 10.8 Å². The summed E-state index contributed by atoms with van der Waals surface area (Å²) in [4.78, 5) is 10.9. The monoisotopic (exact) mass is 219 g/mol. The maximum absolute atomic E-state index is 10.9. The topological polar surface area (TPSA) is 63.3 Å². The van der Waals surface area contributed by atoms with Gasteiger partial charge >= 0.3 is 5.97 Å². The van der Waals surface area contributed by atoms with Gasteiger partial charge in [-0.1, -0.05) is 24.3 Å². The van der Waals surface area contributed by atoms with Gasteiger partial charge in [0.2, 0.25) is 0 Å².